The van der Waals surface area contributed by atoms with Crippen molar-refractivity contribution in [1.29, 1.82) is 0 Å². The van der Waals surface area contributed by atoms with E-state index in [1.54, 1.807) is 238 Å². The molecule has 34 rings (SSSR count). The molecule has 0 saturated heterocycles. The summed E-state index contributed by atoms with van der Waals surface area (Å²) >= 11 is 0. The molecule has 0 bridgehead atoms. The Morgan fingerprint density at radius 2 is 0.521 bits per heavy atom. The molecule has 0 atom stereocenters. The molecule has 5 aliphatic rings. The summed E-state index contributed by atoms with van der Waals surface area (Å²) in [5.74, 6) is 0. The van der Waals surface area contributed by atoms with Crippen molar-refractivity contribution in [2.75, 3.05) is 0 Å². The third-order valence-corrected chi connectivity index (χ3v) is 25.5. The van der Waals surface area contributed by atoms with Crippen LogP contribution in [0.15, 0.2) is 29.4 Å². The maximum atomic E-state index is 12.2. The standard InChI is InChI=1S/C68H6N2O3/c71-70(72)7-3-1-6(2-4-7)8-5-67-63-55-47-37-27-19-11-9-10-13-17-15(11)23-31-25(17)35-29-21(13)22-14(10)18-16-12(9)20(19)28-34-24(16)32-26(18)36-30(22)40-39(29)51-45(35)53-43(31)49(41(47)33(23)27)57(63)59(53)65-61(51)62-52(40)46(36)54-44(32)50-42(34)48(38(28)37)56(55)64(67)58(50)60(54)66(62)68(65,67)73-69-8/h1-4H,5H2. The van der Waals surface area contributed by atoms with Gasteiger partial charge in [-0.15, -0.1) is 0 Å². The van der Waals surface area contributed by atoms with Crippen LogP contribution in [0.4, 0.5) is 5.69 Å². The molecular formula is C68H6N2O3. The summed E-state index contributed by atoms with van der Waals surface area (Å²) in [6, 6.07) is 7.24. The van der Waals surface area contributed by atoms with E-state index in [2.05, 4.69) is 0 Å². The Morgan fingerprint density at radius 1 is 0.315 bits per heavy atom. The summed E-state index contributed by atoms with van der Waals surface area (Å²) in [7, 11) is 0. The van der Waals surface area contributed by atoms with E-state index in [9.17, 15) is 10.1 Å². The molecule has 1 aliphatic heterocycles. The number of non-ortho nitro benzene ring substituents is 1. The van der Waals surface area contributed by atoms with Crippen LogP contribution in [0.25, 0.3) is 291 Å². The quantitative estimate of drug-likeness (QED) is 0.0986. The van der Waals surface area contributed by atoms with E-state index in [0.29, 0.717) is 6.42 Å². The van der Waals surface area contributed by atoms with E-state index in [1.165, 1.54) is 86.9 Å². The normalized spacial score (nSPS) is 22.1. The van der Waals surface area contributed by atoms with Crippen molar-refractivity contribution in [3.8, 4) is 0 Å². The monoisotopic (exact) mass is 898 g/mol. The molecule has 5 heteroatoms. The molecule has 2 spiro atoms. The summed E-state index contributed by atoms with van der Waals surface area (Å²) in [5, 5.41) is 102. The average molecular weight is 899 g/mol. The largest absolute Gasteiger partial charge is 0.378 e. The summed E-state index contributed by atoms with van der Waals surface area (Å²) in [6.45, 7) is 0. The van der Waals surface area contributed by atoms with Gasteiger partial charge in [0, 0.05) is 29.7 Å². The molecule has 0 unspecified atom stereocenters. The first-order chi connectivity index (χ1) is 36.2. The van der Waals surface area contributed by atoms with Gasteiger partial charge in [-0.3, -0.25) is 10.1 Å². The Balaban J connectivity index is 1.10. The van der Waals surface area contributed by atoms with Gasteiger partial charge in [-0.2, -0.15) is 0 Å². The van der Waals surface area contributed by atoms with Crippen molar-refractivity contribution in [2.45, 2.75) is 17.4 Å². The maximum absolute atomic E-state index is 12.2. The molecule has 0 N–H and O–H groups in total. The van der Waals surface area contributed by atoms with E-state index in [4.69, 9.17) is 9.99 Å². The third-order valence-electron chi connectivity index (χ3n) is 25.5. The Kier molecular flexibility index (Phi) is 2.31. The lowest BCUT2D eigenvalue weighted by Crippen LogP contribution is -2.56. The second-order valence-electron chi connectivity index (χ2n) is 25.9. The molecule has 29 aromatic carbocycles. The Hall–Kier alpha value is -9.45. The Bertz CT molecular complexity index is 7430. The van der Waals surface area contributed by atoms with Crippen LogP contribution in [0.5, 0.6) is 0 Å². The van der Waals surface area contributed by atoms with Crippen molar-refractivity contribution in [3.05, 3.63) is 62.2 Å². The first-order valence-electron chi connectivity index (χ1n) is 26.5. The fourth-order valence-corrected chi connectivity index (χ4v) is 25.1. The number of nitro benzene ring substituents is 1. The lowest BCUT2D eigenvalue weighted by Gasteiger charge is -2.54. The van der Waals surface area contributed by atoms with Gasteiger partial charge in [-0.05, 0) is 320 Å². The number of benzene rings is 19. The zero-order valence-corrected chi connectivity index (χ0v) is 36.6. The number of nitrogens with zero attached hydrogens (tertiary/aromatic N) is 2. The fourth-order valence-electron chi connectivity index (χ4n) is 25.1. The maximum Gasteiger partial charge on any atom is 0.269 e. The molecule has 29 aromatic rings. The minimum atomic E-state index is -0.914. The van der Waals surface area contributed by atoms with Crippen molar-refractivity contribution in [2.24, 2.45) is 5.16 Å². The molecule has 1 heterocycles. The first kappa shape index (κ1) is 27.2. The molecular weight excluding hydrogens is 893 g/mol. The number of hydrogen-bond acceptors (Lipinski definition) is 4. The summed E-state index contributed by atoms with van der Waals surface area (Å²) in [4.78, 5) is 20.1. The number of hydrogen-bond donors (Lipinski definition) is 0. The van der Waals surface area contributed by atoms with Gasteiger partial charge in [0.15, 0.2) is 0 Å². The highest BCUT2D eigenvalue weighted by atomic mass is 16.7. The molecule has 0 radical (unpaired) electrons. The van der Waals surface area contributed by atoms with Gasteiger partial charge >= 0.3 is 0 Å². The van der Waals surface area contributed by atoms with E-state index >= 15 is 0 Å². The van der Waals surface area contributed by atoms with Crippen molar-refractivity contribution < 1.29 is 9.76 Å². The van der Waals surface area contributed by atoms with Crippen LogP contribution >= 0.6 is 0 Å². The molecule has 0 saturated carbocycles. The predicted octanol–water partition coefficient (Wildman–Crippen LogP) is 18.0. The Labute approximate surface area is 394 Å². The van der Waals surface area contributed by atoms with Gasteiger partial charge in [-0.1, -0.05) is 5.16 Å². The first-order valence-corrected chi connectivity index (χ1v) is 26.5. The molecule has 0 fully saturated rings. The smallest absolute Gasteiger partial charge is 0.269 e. The van der Waals surface area contributed by atoms with Crippen LogP contribution in [0, 0.1) is 10.1 Å². The van der Waals surface area contributed by atoms with Crippen LogP contribution < -0.4 is 0 Å². The molecule has 0 amide bonds. The van der Waals surface area contributed by atoms with Gasteiger partial charge in [0.25, 0.3) is 5.69 Å². The van der Waals surface area contributed by atoms with Gasteiger partial charge in [0.2, 0.25) is 5.60 Å². The van der Waals surface area contributed by atoms with Crippen molar-refractivity contribution in [3.63, 3.8) is 0 Å². The van der Waals surface area contributed by atoms with E-state index < -0.39 is 11.0 Å². The Morgan fingerprint density at radius 3 is 0.740 bits per heavy atom. The average Bonchev–Trinajstić information content (AvgIpc) is 3.59. The molecule has 5 nitrogen and oxygen atoms in total. The van der Waals surface area contributed by atoms with Gasteiger partial charge in [-0.25, -0.2) is 0 Å². The van der Waals surface area contributed by atoms with Gasteiger partial charge in [0.05, 0.1) is 16.0 Å². The highest BCUT2D eigenvalue weighted by Crippen LogP contribution is 2.85. The zero-order chi connectivity index (χ0) is 43.7. The van der Waals surface area contributed by atoms with Crippen LogP contribution in [0.1, 0.15) is 34.2 Å². The van der Waals surface area contributed by atoms with Crippen LogP contribution in [0.3, 0.4) is 0 Å². The minimum absolute atomic E-state index is 0.103. The molecule has 73 heavy (non-hydrogen) atoms. The molecule has 306 valence electrons. The van der Waals surface area contributed by atoms with E-state index in [-0.39, 0.29) is 10.6 Å². The predicted molar refractivity (Wildman–Crippen MR) is 299 cm³/mol. The van der Waals surface area contributed by atoms with E-state index in [1.807, 2.05) is 12.1 Å². The number of nitro groups is 1. The third kappa shape index (κ3) is 1.49. The molecule has 4 aliphatic carbocycles. The topological polar surface area (TPSA) is 64.7 Å². The van der Waals surface area contributed by atoms with Gasteiger partial charge in [0.1, 0.15) is 0 Å². The lowest BCUT2D eigenvalue weighted by atomic mass is 9.52. The summed E-state index contributed by atoms with van der Waals surface area (Å²) in [5.41, 5.74) is 6.26. The van der Waals surface area contributed by atoms with Crippen molar-refractivity contribution in [1.82, 2.24) is 0 Å². The zero-order valence-electron chi connectivity index (χ0n) is 36.6. The SMILES string of the molecule is O=[N+]([O-])c1ccc(C2=NOC34c5c6c7c8c9c%10c(c%11c%12c3c3c5c5c%13c6c6c7c7c9c9c%14c%10c%10c%11c%11c%12c%12c3c3c5c5c%13c%13c6c6c7c9c7c9c%14c%10c%10c%11c%11c%12c3c3c5c5c%13c6c7c6c9c%10c%11c3c56)C84C2)cc1. The van der Waals surface area contributed by atoms with Crippen LogP contribution in [-0.4, -0.2) is 10.6 Å². The van der Waals surface area contributed by atoms with E-state index in [0.717, 1.165) is 11.3 Å². The second kappa shape index (κ2) is 6.20. The molecule has 0 aromatic heterocycles. The minimum Gasteiger partial charge on any atom is -0.378 e. The highest BCUT2D eigenvalue weighted by Gasteiger charge is 2.73. The van der Waals surface area contributed by atoms with Crippen LogP contribution in [-0.2, 0) is 15.9 Å². The van der Waals surface area contributed by atoms with Gasteiger partial charge < -0.3 is 4.84 Å². The van der Waals surface area contributed by atoms with Crippen molar-refractivity contribution >= 4 is 302 Å². The highest BCUT2D eigenvalue weighted by molar-refractivity contribution is 6.82. The number of rotatable bonds is 2. The number of oxime groups is 1. The van der Waals surface area contributed by atoms with Crippen LogP contribution in [0.2, 0.25) is 0 Å². The second-order valence-corrected chi connectivity index (χ2v) is 25.9. The summed E-state index contributed by atoms with van der Waals surface area (Å²) < 4.78 is 0. The summed E-state index contributed by atoms with van der Waals surface area (Å²) in [6.07, 6.45) is 0.667. The fraction of sp³-hybridized carbons (Fsp3) is 0.0441. The lowest BCUT2D eigenvalue weighted by molar-refractivity contribution is -0.384.